The summed E-state index contributed by atoms with van der Waals surface area (Å²) in [5.74, 6) is -1.25. The van der Waals surface area contributed by atoms with Gasteiger partial charge in [-0.05, 0) is 17.9 Å². The van der Waals surface area contributed by atoms with E-state index < -0.39 is 42.4 Å². The molecule has 0 saturated carbocycles. The average molecular weight is 427 g/mol. The van der Waals surface area contributed by atoms with Gasteiger partial charge in [0, 0.05) is 11.4 Å². The topological polar surface area (TPSA) is 56.3 Å². The number of carbonyl (C=O) groups excluding carboxylic acids is 2. The molecule has 0 bridgehead atoms. The van der Waals surface area contributed by atoms with E-state index in [0.29, 0.717) is 0 Å². The zero-order valence-electron chi connectivity index (χ0n) is 15.9. The Kier molecular flexibility index (Phi) is 8.84. The predicted octanol–water partition coefficient (Wildman–Crippen LogP) is 5.61. The molecule has 0 aliphatic heterocycles. The third kappa shape index (κ3) is 7.37. The molecule has 1 rings (SSSR count). The summed E-state index contributed by atoms with van der Waals surface area (Å²) in [5, 5.41) is -0.870. The normalized spacial score (nSPS) is 12.1. The third-order valence-corrected chi connectivity index (χ3v) is 4.31. The number of pyridine rings is 1. The zero-order chi connectivity index (χ0) is 21.6. The number of carbonyl (C=O) groups is 2. The fourth-order valence-electron chi connectivity index (χ4n) is 2.37. The van der Waals surface area contributed by atoms with Gasteiger partial charge in [0.25, 0.3) is 6.43 Å². The quantitative estimate of drug-likeness (QED) is 0.399. The van der Waals surface area contributed by atoms with Crippen LogP contribution in [0.15, 0.2) is 6.20 Å². The van der Waals surface area contributed by atoms with E-state index in [4.69, 9.17) is 0 Å². The Bertz CT molecular complexity index is 705. The van der Waals surface area contributed by atoms with Crippen molar-refractivity contribution >= 4 is 22.8 Å². The van der Waals surface area contributed by atoms with Crippen molar-refractivity contribution in [2.45, 2.75) is 58.4 Å². The Hall–Kier alpha value is -1.71. The van der Waals surface area contributed by atoms with Gasteiger partial charge in [0.05, 0.1) is 17.5 Å². The van der Waals surface area contributed by atoms with Crippen molar-refractivity contribution in [3.63, 3.8) is 0 Å². The Labute approximate surface area is 164 Å². The molecule has 0 aliphatic carbocycles. The van der Waals surface area contributed by atoms with Crippen molar-refractivity contribution in [2.75, 3.05) is 6.61 Å². The molecule has 0 unspecified atom stereocenters. The number of thioether (sulfide) groups is 1. The lowest BCUT2D eigenvalue weighted by Gasteiger charge is -2.18. The number of esters is 1. The number of nitrogens with zero attached hydrogens (tertiary/aromatic N) is 1. The van der Waals surface area contributed by atoms with Crippen molar-refractivity contribution in [2.24, 2.45) is 5.92 Å². The van der Waals surface area contributed by atoms with Crippen LogP contribution in [0.25, 0.3) is 0 Å². The number of hydrogen-bond donors (Lipinski definition) is 0. The van der Waals surface area contributed by atoms with Crippen LogP contribution >= 0.6 is 11.8 Å². The maximum atomic E-state index is 13.4. The van der Waals surface area contributed by atoms with Gasteiger partial charge in [-0.25, -0.2) is 13.6 Å². The molecule has 158 valence electrons. The molecular formula is C18H22F5NO3S. The fraction of sp³-hybridized carbons (Fsp3) is 0.611. The molecule has 1 aromatic rings. The van der Waals surface area contributed by atoms with E-state index >= 15 is 0 Å². The monoisotopic (exact) mass is 427 g/mol. The van der Waals surface area contributed by atoms with E-state index in [0.717, 1.165) is 18.0 Å². The highest BCUT2D eigenvalue weighted by molar-refractivity contribution is 8.14. The minimum atomic E-state index is -4.51. The summed E-state index contributed by atoms with van der Waals surface area (Å²) in [4.78, 5) is 28.4. The van der Waals surface area contributed by atoms with Gasteiger partial charge in [-0.1, -0.05) is 39.5 Å². The van der Waals surface area contributed by atoms with Crippen molar-refractivity contribution in [1.82, 2.24) is 4.98 Å². The van der Waals surface area contributed by atoms with Crippen molar-refractivity contribution < 1.29 is 36.3 Å². The molecule has 0 fully saturated rings. The van der Waals surface area contributed by atoms with E-state index in [-0.39, 0.29) is 34.3 Å². The Morgan fingerprint density at radius 2 is 1.79 bits per heavy atom. The van der Waals surface area contributed by atoms with E-state index in [1.165, 1.54) is 0 Å². The zero-order valence-corrected chi connectivity index (χ0v) is 16.7. The first-order valence-electron chi connectivity index (χ1n) is 8.58. The van der Waals surface area contributed by atoms with Gasteiger partial charge >= 0.3 is 12.1 Å². The molecule has 0 spiro atoms. The van der Waals surface area contributed by atoms with Gasteiger partial charge in [0.1, 0.15) is 12.3 Å². The molecule has 0 amide bonds. The lowest BCUT2D eigenvalue weighted by atomic mass is 9.93. The maximum Gasteiger partial charge on any atom is 0.392 e. The SMILES string of the molecule is CC(C)Cc1c(C(=O)OCCC(F)(F)F)cnc(C(F)F)c1C(=O)SC(C)C. The molecule has 4 nitrogen and oxygen atoms in total. The summed E-state index contributed by atoms with van der Waals surface area (Å²) in [7, 11) is 0. The van der Waals surface area contributed by atoms with Crippen molar-refractivity contribution in [3.05, 3.63) is 28.6 Å². The number of ether oxygens (including phenoxy) is 1. The standard InChI is InChI=1S/C18H22F5NO3S/c1-9(2)7-11-12(16(25)27-6-5-18(21,22)23)8-24-14(15(19)20)13(11)17(26)28-10(3)4/h8-10,15H,5-7H2,1-4H3. The highest BCUT2D eigenvalue weighted by atomic mass is 32.2. The van der Waals surface area contributed by atoms with Crippen LogP contribution < -0.4 is 0 Å². The molecular weight excluding hydrogens is 405 g/mol. The van der Waals surface area contributed by atoms with Crippen molar-refractivity contribution in [1.29, 1.82) is 0 Å². The van der Waals surface area contributed by atoms with Gasteiger partial charge in [0.15, 0.2) is 0 Å². The number of alkyl halides is 5. The number of rotatable bonds is 8. The molecule has 0 radical (unpaired) electrons. The first-order chi connectivity index (χ1) is 12.8. The lowest BCUT2D eigenvalue weighted by molar-refractivity contribution is -0.141. The Morgan fingerprint density at radius 1 is 1.18 bits per heavy atom. The minimum absolute atomic E-state index is 0.0236. The van der Waals surface area contributed by atoms with E-state index in [1.807, 2.05) is 0 Å². The minimum Gasteiger partial charge on any atom is -0.462 e. The van der Waals surface area contributed by atoms with Gasteiger partial charge in [0.2, 0.25) is 5.12 Å². The van der Waals surface area contributed by atoms with Crippen LogP contribution in [0.2, 0.25) is 0 Å². The fourth-order valence-corrected chi connectivity index (χ4v) is 3.14. The first-order valence-corrected chi connectivity index (χ1v) is 9.46. The number of hydrogen-bond acceptors (Lipinski definition) is 5. The highest BCUT2D eigenvalue weighted by Gasteiger charge is 2.31. The molecule has 1 aromatic heterocycles. The lowest BCUT2D eigenvalue weighted by Crippen LogP contribution is -2.20. The Balaban J connectivity index is 3.39. The van der Waals surface area contributed by atoms with Gasteiger partial charge in [-0.2, -0.15) is 13.2 Å². The van der Waals surface area contributed by atoms with E-state index in [2.05, 4.69) is 9.72 Å². The first kappa shape index (κ1) is 24.3. The van der Waals surface area contributed by atoms with Crippen LogP contribution in [-0.2, 0) is 11.2 Å². The van der Waals surface area contributed by atoms with Crippen LogP contribution in [0.1, 0.15) is 72.5 Å². The maximum absolute atomic E-state index is 13.4. The predicted molar refractivity (Wildman–Crippen MR) is 95.7 cm³/mol. The molecule has 0 saturated heterocycles. The molecule has 0 aliphatic rings. The summed E-state index contributed by atoms with van der Waals surface area (Å²) in [6.45, 7) is 6.01. The molecule has 0 aromatic carbocycles. The molecule has 0 atom stereocenters. The van der Waals surface area contributed by atoms with Crippen LogP contribution in [0.3, 0.4) is 0 Å². The van der Waals surface area contributed by atoms with Gasteiger partial charge in [-0.3, -0.25) is 9.78 Å². The second kappa shape index (κ2) is 10.2. The molecule has 1 heterocycles. The van der Waals surface area contributed by atoms with E-state index in [1.54, 1.807) is 27.7 Å². The van der Waals surface area contributed by atoms with Crippen LogP contribution in [0, 0.1) is 5.92 Å². The summed E-state index contributed by atoms with van der Waals surface area (Å²) in [6, 6.07) is 0. The number of aromatic nitrogens is 1. The summed E-state index contributed by atoms with van der Waals surface area (Å²) >= 11 is 0.809. The summed E-state index contributed by atoms with van der Waals surface area (Å²) in [6.07, 6.45) is -7.96. The number of halogens is 5. The second-order valence-electron chi connectivity index (χ2n) is 6.76. The van der Waals surface area contributed by atoms with E-state index in [9.17, 15) is 31.5 Å². The Morgan fingerprint density at radius 3 is 2.25 bits per heavy atom. The molecule has 10 heteroatoms. The smallest absolute Gasteiger partial charge is 0.392 e. The van der Waals surface area contributed by atoms with Crippen LogP contribution in [0.5, 0.6) is 0 Å². The summed E-state index contributed by atoms with van der Waals surface area (Å²) < 4.78 is 68.3. The van der Waals surface area contributed by atoms with Gasteiger partial charge < -0.3 is 4.74 Å². The van der Waals surface area contributed by atoms with Crippen molar-refractivity contribution in [3.8, 4) is 0 Å². The summed E-state index contributed by atoms with van der Waals surface area (Å²) in [5.41, 5.74) is -1.36. The van der Waals surface area contributed by atoms with Crippen LogP contribution in [-0.4, -0.2) is 34.1 Å². The van der Waals surface area contributed by atoms with Crippen LogP contribution in [0.4, 0.5) is 22.0 Å². The molecule has 28 heavy (non-hydrogen) atoms. The average Bonchev–Trinajstić information content (AvgIpc) is 2.51. The largest absolute Gasteiger partial charge is 0.462 e. The third-order valence-electron chi connectivity index (χ3n) is 3.42. The molecule has 0 N–H and O–H groups in total. The van der Waals surface area contributed by atoms with Gasteiger partial charge in [-0.15, -0.1) is 0 Å². The highest BCUT2D eigenvalue weighted by Crippen LogP contribution is 2.32. The second-order valence-corrected chi connectivity index (χ2v) is 8.31.